The quantitative estimate of drug-likeness (QED) is 0.722. The van der Waals surface area contributed by atoms with Crippen LogP contribution in [0.2, 0.25) is 0 Å². The van der Waals surface area contributed by atoms with Gasteiger partial charge >= 0.3 is 0 Å². The molecule has 2 nitrogen and oxygen atoms in total. The van der Waals surface area contributed by atoms with Crippen LogP contribution in [0.25, 0.3) is 0 Å². The zero-order valence-electron chi connectivity index (χ0n) is 14.3. The number of aliphatic hydroxyl groups excluding tert-OH is 1. The molecule has 1 aliphatic heterocycles. The summed E-state index contributed by atoms with van der Waals surface area (Å²) in [7, 11) is -0.608. The zero-order chi connectivity index (χ0) is 17.2. The molecule has 0 fully saturated rings. The maximum absolute atomic E-state index is 11.0. The van der Waals surface area contributed by atoms with Crippen LogP contribution in [-0.2, 0) is 6.54 Å². The molecule has 0 saturated carbocycles. The fourth-order valence-electron chi connectivity index (χ4n) is 3.51. The second-order valence-corrected chi connectivity index (χ2v) is 8.61. The van der Waals surface area contributed by atoms with Gasteiger partial charge in [0.05, 0.1) is 6.10 Å². The molecular formula is C22H22NOP. The van der Waals surface area contributed by atoms with Crippen LogP contribution >= 0.6 is 8.07 Å². The van der Waals surface area contributed by atoms with Crippen molar-refractivity contribution in [3.63, 3.8) is 0 Å². The van der Waals surface area contributed by atoms with E-state index in [1.54, 1.807) is 0 Å². The van der Waals surface area contributed by atoms with Crippen LogP contribution in [0.4, 0.5) is 0 Å². The first-order valence-electron chi connectivity index (χ1n) is 8.68. The number of aliphatic hydroxyl groups is 1. The third-order valence-corrected chi connectivity index (χ3v) is 7.58. The second-order valence-electron chi connectivity index (χ2n) is 6.47. The van der Waals surface area contributed by atoms with Gasteiger partial charge in [-0.25, -0.2) is 0 Å². The summed E-state index contributed by atoms with van der Waals surface area (Å²) in [4.78, 5) is 0. The van der Waals surface area contributed by atoms with E-state index in [0.717, 1.165) is 12.1 Å². The fraction of sp³-hybridized carbons (Fsp3) is 0.182. The molecule has 1 heterocycles. The Balaban J connectivity index is 1.71. The lowest BCUT2D eigenvalue weighted by atomic mass is 10.0. The van der Waals surface area contributed by atoms with Crippen LogP contribution in [0.15, 0.2) is 84.9 Å². The molecule has 0 amide bonds. The van der Waals surface area contributed by atoms with Gasteiger partial charge in [0.25, 0.3) is 0 Å². The maximum atomic E-state index is 11.0. The summed E-state index contributed by atoms with van der Waals surface area (Å²) in [6.07, 6.45) is -0.496. The topological polar surface area (TPSA) is 23.5 Å². The molecule has 1 unspecified atom stereocenters. The third kappa shape index (κ3) is 3.14. The number of hydrogen-bond acceptors (Lipinski definition) is 2. The number of rotatable bonds is 4. The summed E-state index contributed by atoms with van der Waals surface area (Å²) in [5, 5.41) is 13.7. The van der Waals surface area contributed by atoms with E-state index in [0.29, 0.717) is 0 Å². The van der Waals surface area contributed by atoms with Gasteiger partial charge in [-0.05, 0) is 28.7 Å². The highest BCUT2D eigenvalue weighted by Crippen LogP contribution is 2.48. The summed E-state index contributed by atoms with van der Waals surface area (Å²) in [6.45, 7) is 3.03. The standard InChI is InChI=1S/C22H22NOP/c1-17(22(24)18-10-4-2-5-11-18)23-16-19-12-8-9-15-21(19)25(23)20-13-6-3-7-14-20/h2-15,17,22,24H,16H2,1H3/t17-,22-,25?/m1/s1. The Morgan fingerprint density at radius 3 is 2.16 bits per heavy atom. The molecule has 3 atom stereocenters. The molecular weight excluding hydrogens is 325 g/mol. The lowest BCUT2D eigenvalue weighted by Crippen LogP contribution is -2.34. The van der Waals surface area contributed by atoms with Crippen molar-refractivity contribution in [2.75, 3.05) is 0 Å². The lowest BCUT2D eigenvalue weighted by Gasteiger charge is -2.34. The smallest absolute Gasteiger partial charge is 0.0946 e. The van der Waals surface area contributed by atoms with Gasteiger partial charge in [-0.1, -0.05) is 84.9 Å². The van der Waals surface area contributed by atoms with Crippen LogP contribution in [0.1, 0.15) is 24.2 Å². The molecule has 0 aliphatic carbocycles. The van der Waals surface area contributed by atoms with Crippen molar-refractivity contribution >= 4 is 18.7 Å². The van der Waals surface area contributed by atoms with Crippen LogP contribution in [0, 0.1) is 0 Å². The lowest BCUT2D eigenvalue weighted by molar-refractivity contribution is 0.101. The first kappa shape index (κ1) is 16.5. The van der Waals surface area contributed by atoms with Crippen LogP contribution in [0.5, 0.6) is 0 Å². The van der Waals surface area contributed by atoms with Gasteiger partial charge in [-0.3, -0.25) is 4.67 Å². The molecule has 3 aromatic rings. The van der Waals surface area contributed by atoms with Gasteiger partial charge < -0.3 is 5.11 Å². The maximum Gasteiger partial charge on any atom is 0.0946 e. The van der Waals surface area contributed by atoms with E-state index in [4.69, 9.17) is 0 Å². The molecule has 3 aromatic carbocycles. The number of fused-ring (bicyclic) bond motifs is 1. The third-order valence-electron chi connectivity index (χ3n) is 4.88. The monoisotopic (exact) mass is 347 g/mol. The molecule has 0 aromatic heterocycles. The number of nitrogens with zero attached hydrogens (tertiary/aromatic N) is 1. The summed E-state index contributed by atoms with van der Waals surface area (Å²) in [5.41, 5.74) is 2.36. The van der Waals surface area contributed by atoms with Gasteiger partial charge in [0, 0.05) is 20.7 Å². The highest BCUT2D eigenvalue weighted by Gasteiger charge is 2.36. The van der Waals surface area contributed by atoms with Gasteiger partial charge in [0.1, 0.15) is 0 Å². The normalized spacial score (nSPS) is 19.4. The van der Waals surface area contributed by atoms with Crippen molar-refractivity contribution in [2.24, 2.45) is 0 Å². The minimum absolute atomic E-state index is 0.0427. The molecule has 0 bridgehead atoms. The average molecular weight is 347 g/mol. The van der Waals surface area contributed by atoms with Crippen molar-refractivity contribution in [2.45, 2.75) is 25.6 Å². The second kappa shape index (κ2) is 7.09. The number of benzene rings is 3. The van der Waals surface area contributed by atoms with E-state index in [1.807, 2.05) is 30.3 Å². The highest BCUT2D eigenvalue weighted by atomic mass is 31.1. The van der Waals surface area contributed by atoms with E-state index in [9.17, 15) is 5.11 Å². The zero-order valence-corrected chi connectivity index (χ0v) is 15.2. The molecule has 0 saturated heterocycles. The molecule has 0 spiro atoms. The van der Waals surface area contributed by atoms with E-state index in [-0.39, 0.29) is 6.04 Å². The van der Waals surface area contributed by atoms with Crippen molar-refractivity contribution in [3.05, 3.63) is 96.1 Å². The van der Waals surface area contributed by atoms with Crippen LogP contribution < -0.4 is 10.6 Å². The number of hydrogen-bond donors (Lipinski definition) is 1. The first-order chi connectivity index (χ1) is 12.3. The van der Waals surface area contributed by atoms with Crippen LogP contribution in [-0.4, -0.2) is 15.8 Å². The van der Waals surface area contributed by atoms with Crippen molar-refractivity contribution in [1.29, 1.82) is 0 Å². The van der Waals surface area contributed by atoms with Gasteiger partial charge in [-0.2, -0.15) is 0 Å². The largest absolute Gasteiger partial charge is 0.387 e. The molecule has 126 valence electrons. The minimum Gasteiger partial charge on any atom is -0.387 e. The predicted molar refractivity (Wildman–Crippen MR) is 105 cm³/mol. The van der Waals surface area contributed by atoms with E-state index < -0.39 is 14.2 Å². The van der Waals surface area contributed by atoms with Gasteiger partial charge in [0.2, 0.25) is 0 Å². The molecule has 1 N–H and O–H groups in total. The minimum atomic E-state index is -0.608. The molecule has 0 radical (unpaired) electrons. The summed E-state index contributed by atoms with van der Waals surface area (Å²) >= 11 is 0. The van der Waals surface area contributed by atoms with Crippen LogP contribution in [0.3, 0.4) is 0 Å². The van der Waals surface area contributed by atoms with E-state index >= 15 is 0 Å². The Morgan fingerprint density at radius 2 is 1.44 bits per heavy atom. The molecule has 25 heavy (non-hydrogen) atoms. The molecule has 3 heteroatoms. The Morgan fingerprint density at radius 1 is 0.840 bits per heavy atom. The summed E-state index contributed by atoms with van der Waals surface area (Å²) in [6, 6.07) is 29.4. The van der Waals surface area contributed by atoms with Gasteiger partial charge in [-0.15, -0.1) is 0 Å². The molecule has 1 aliphatic rings. The summed E-state index contributed by atoms with van der Waals surface area (Å²) in [5.74, 6) is 0. The van der Waals surface area contributed by atoms with Gasteiger partial charge in [0.15, 0.2) is 0 Å². The van der Waals surface area contributed by atoms with Crippen molar-refractivity contribution < 1.29 is 5.11 Å². The average Bonchev–Trinajstić information content (AvgIpc) is 3.07. The van der Waals surface area contributed by atoms with E-state index in [2.05, 4.69) is 66.2 Å². The summed E-state index contributed by atoms with van der Waals surface area (Å²) < 4.78 is 2.48. The predicted octanol–water partition coefficient (Wildman–Crippen LogP) is 3.97. The first-order valence-corrected chi connectivity index (χ1v) is 9.98. The van der Waals surface area contributed by atoms with E-state index in [1.165, 1.54) is 16.2 Å². The molecule has 4 rings (SSSR count). The van der Waals surface area contributed by atoms with Crippen molar-refractivity contribution in [3.8, 4) is 0 Å². The Hall–Kier alpha value is -1.99. The Kier molecular flexibility index (Phi) is 4.67. The highest BCUT2D eigenvalue weighted by molar-refractivity contribution is 7.71. The van der Waals surface area contributed by atoms with Crippen molar-refractivity contribution in [1.82, 2.24) is 4.67 Å². The fourth-order valence-corrected chi connectivity index (χ4v) is 6.24. The SMILES string of the molecule is C[C@H]([C@@H](O)c1ccccc1)N1Cc2ccccc2P1c1ccccc1. The Bertz CT molecular complexity index is 837. The Labute approximate surface area is 150 Å².